The Morgan fingerprint density at radius 2 is 2.18 bits per heavy atom. The van der Waals surface area contributed by atoms with Gasteiger partial charge in [-0.3, -0.25) is 4.79 Å². The maximum atomic E-state index is 10.0. The lowest BCUT2D eigenvalue weighted by Gasteiger charge is -2.16. The van der Waals surface area contributed by atoms with E-state index in [9.17, 15) is 4.79 Å². The second-order valence-electron chi connectivity index (χ2n) is 3.04. The number of nitrogens with one attached hydrogen (secondary N) is 1. The van der Waals surface area contributed by atoms with Crippen molar-refractivity contribution in [3.05, 3.63) is 0 Å². The largest absolute Gasteiger partial charge is 0.463 e. The average Bonchev–Trinajstić information content (AvgIpc) is 1.87. The van der Waals surface area contributed by atoms with Crippen LogP contribution in [0.1, 0.15) is 20.3 Å². The highest BCUT2D eigenvalue weighted by molar-refractivity contribution is 5.37. The van der Waals surface area contributed by atoms with E-state index in [4.69, 9.17) is 4.74 Å². The highest BCUT2D eigenvalue weighted by Crippen LogP contribution is 2.06. The van der Waals surface area contributed by atoms with Crippen LogP contribution in [-0.4, -0.2) is 26.2 Å². The first-order valence-electron chi connectivity index (χ1n) is 3.94. The van der Waals surface area contributed by atoms with Gasteiger partial charge in [-0.1, -0.05) is 13.8 Å². The molecule has 0 amide bonds. The first-order chi connectivity index (χ1) is 5.20. The number of ether oxygens (including phenoxy) is 1. The number of carbonyl (C=O) groups is 1. The van der Waals surface area contributed by atoms with E-state index in [0.717, 1.165) is 13.0 Å². The predicted octanol–water partition coefficient (Wildman–Crippen LogP) is 0.793. The molecule has 1 unspecified atom stereocenters. The summed E-state index contributed by atoms with van der Waals surface area (Å²) < 4.78 is 4.85. The highest BCUT2D eigenvalue weighted by Gasteiger charge is 2.09. The summed E-state index contributed by atoms with van der Waals surface area (Å²) in [5.41, 5.74) is 0. The van der Waals surface area contributed by atoms with E-state index >= 15 is 0 Å². The Balaban J connectivity index is 3.58. The summed E-state index contributed by atoms with van der Waals surface area (Å²) in [6, 6.07) is 0. The molecule has 3 heteroatoms. The quantitative estimate of drug-likeness (QED) is 0.582. The van der Waals surface area contributed by atoms with E-state index < -0.39 is 0 Å². The van der Waals surface area contributed by atoms with E-state index in [1.165, 1.54) is 0 Å². The topological polar surface area (TPSA) is 38.3 Å². The van der Waals surface area contributed by atoms with Crippen molar-refractivity contribution in [1.82, 2.24) is 5.32 Å². The van der Waals surface area contributed by atoms with Crippen LogP contribution in [0.5, 0.6) is 0 Å². The Kier molecular flexibility index (Phi) is 5.84. The van der Waals surface area contributed by atoms with Crippen LogP contribution in [0.15, 0.2) is 0 Å². The Hall–Kier alpha value is -0.570. The lowest BCUT2D eigenvalue weighted by molar-refractivity contribution is -0.133. The molecule has 0 aromatic rings. The first-order valence-corrected chi connectivity index (χ1v) is 3.94. The van der Waals surface area contributed by atoms with Crippen molar-refractivity contribution in [2.75, 3.05) is 13.6 Å². The fourth-order valence-corrected chi connectivity index (χ4v) is 1.02. The van der Waals surface area contributed by atoms with Crippen LogP contribution in [0.2, 0.25) is 0 Å². The van der Waals surface area contributed by atoms with Gasteiger partial charge in [0.15, 0.2) is 0 Å². The molecule has 0 bridgehead atoms. The Morgan fingerprint density at radius 1 is 1.55 bits per heavy atom. The summed E-state index contributed by atoms with van der Waals surface area (Å²) >= 11 is 0. The molecular weight excluding hydrogens is 142 g/mol. The molecule has 11 heavy (non-hydrogen) atoms. The van der Waals surface area contributed by atoms with Crippen molar-refractivity contribution in [2.24, 2.45) is 5.92 Å². The SMILES string of the molecule is CNCC(CC(C)C)OC=O. The molecule has 0 fully saturated rings. The molecule has 0 aromatic carbocycles. The number of hydrogen-bond acceptors (Lipinski definition) is 3. The third-order valence-corrected chi connectivity index (χ3v) is 1.41. The molecule has 0 aliphatic heterocycles. The predicted molar refractivity (Wildman–Crippen MR) is 44.3 cm³/mol. The van der Waals surface area contributed by atoms with Gasteiger partial charge in [0.25, 0.3) is 6.47 Å². The molecule has 1 N–H and O–H groups in total. The molecule has 0 rings (SSSR count). The Labute approximate surface area is 68.1 Å². The van der Waals surface area contributed by atoms with E-state index in [0.29, 0.717) is 12.4 Å². The zero-order valence-corrected chi connectivity index (χ0v) is 7.46. The highest BCUT2D eigenvalue weighted by atomic mass is 16.5. The van der Waals surface area contributed by atoms with E-state index in [1.807, 2.05) is 7.05 Å². The van der Waals surface area contributed by atoms with Gasteiger partial charge in [-0.15, -0.1) is 0 Å². The number of carbonyl (C=O) groups excluding carboxylic acids is 1. The van der Waals surface area contributed by atoms with Gasteiger partial charge in [-0.05, 0) is 19.4 Å². The van der Waals surface area contributed by atoms with Gasteiger partial charge >= 0.3 is 0 Å². The maximum Gasteiger partial charge on any atom is 0.293 e. The van der Waals surface area contributed by atoms with Crippen molar-refractivity contribution in [1.29, 1.82) is 0 Å². The van der Waals surface area contributed by atoms with Crippen molar-refractivity contribution >= 4 is 6.47 Å². The molecule has 0 radical (unpaired) electrons. The fourth-order valence-electron chi connectivity index (χ4n) is 1.02. The third-order valence-electron chi connectivity index (χ3n) is 1.41. The van der Waals surface area contributed by atoms with Crippen LogP contribution < -0.4 is 5.32 Å². The molecule has 0 aliphatic rings. The monoisotopic (exact) mass is 159 g/mol. The zero-order chi connectivity index (χ0) is 8.69. The molecule has 0 saturated heterocycles. The molecule has 0 aromatic heterocycles. The molecule has 3 nitrogen and oxygen atoms in total. The number of rotatable bonds is 6. The van der Waals surface area contributed by atoms with Crippen molar-refractivity contribution < 1.29 is 9.53 Å². The smallest absolute Gasteiger partial charge is 0.293 e. The summed E-state index contributed by atoms with van der Waals surface area (Å²) in [5, 5.41) is 2.97. The summed E-state index contributed by atoms with van der Waals surface area (Å²) in [7, 11) is 1.85. The van der Waals surface area contributed by atoms with Gasteiger partial charge in [-0.25, -0.2) is 0 Å². The molecule has 0 aliphatic carbocycles. The van der Waals surface area contributed by atoms with Crippen LogP contribution in [0.3, 0.4) is 0 Å². The first kappa shape index (κ1) is 10.4. The Bertz CT molecular complexity index is 104. The van der Waals surface area contributed by atoms with Crippen LogP contribution >= 0.6 is 0 Å². The minimum absolute atomic E-state index is 0.0255. The maximum absolute atomic E-state index is 10.0. The second kappa shape index (κ2) is 6.16. The lowest BCUT2D eigenvalue weighted by atomic mass is 10.1. The molecule has 1 atom stereocenters. The molecule has 66 valence electrons. The number of hydrogen-bond donors (Lipinski definition) is 1. The van der Waals surface area contributed by atoms with E-state index in [-0.39, 0.29) is 6.10 Å². The number of likely N-dealkylation sites (N-methyl/N-ethyl adjacent to an activating group) is 1. The van der Waals surface area contributed by atoms with E-state index in [1.54, 1.807) is 0 Å². The molecular formula is C8H17NO2. The van der Waals surface area contributed by atoms with Gasteiger partial charge in [0.2, 0.25) is 0 Å². The van der Waals surface area contributed by atoms with Gasteiger partial charge < -0.3 is 10.1 Å². The van der Waals surface area contributed by atoms with Gasteiger partial charge in [-0.2, -0.15) is 0 Å². The van der Waals surface area contributed by atoms with Gasteiger partial charge in [0.1, 0.15) is 6.10 Å². The standard InChI is InChI=1S/C8H17NO2/c1-7(2)4-8(5-9-3)11-6-10/h6-9H,4-5H2,1-3H3. The third kappa shape index (κ3) is 5.85. The van der Waals surface area contributed by atoms with Crippen LogP contribution in [-0.2, 0) is 9.53 Å². The fraction of sp³-hybridized carbons (Fsp3) is 0.875. The molecule has 0 spiro atoms. The van der Waals surface area contributed by atoms with Crippen molar-refractivity contribution in [2.45, 2.75) is 26.4 Å². The van der Waals surface area contributed by atoms with Gasteiger partial charge in [0, 0.05) is 6.54 Å². The van der Waals surface area contributed by atoms with E-state index in [2.05, 4.69) is 19.2 Å². The Morgan fingerprint density at radius 3 is 2.55 bits per heavy atom. The lowest BCUT2D eigenvalue weighted by Crippen LogP contribution is -2.27. The second-order valence-corrected chi connectivity index (χ2v) is 3.04. The minimum Gasteiger partial charge on any atom is -0.463 e. The normalized spacial score (nSPS) is 13.1. The zero-order valence-electron chi connectivity index (χ0n) is 7.46. The van der Waals surface area contributed by atoms with Crippen molar-refractivity contribution in [3.8, 4) is 0 Å². The molecule has 0 saturated carbocycles. The van der Waals surface area contributed by atoms with Crippen molar-refractivity contribution in [3.63, 3.8) is 0 Å². The summed E-state index contributed by atoms with van der Waals surface area (Å²) in [6.45, 7) is 5.47. The minimum atomic E-state index is 0.0255. The summed E-state index contributed by atoms with van der Waals surface area (Å²) in [4.78, 5) is 10.0. The van der Waals surface area contributed by atoms with Gasteiger partial charge in [0.05, 0.1) is 0 Å². The summed E-state index contributed by atoms with van der Waals surface area (Å²) in [5.74, 6) is 0.563. The van der Waals surface area contributed by atoms with Crippen LogP contribution in [0, 0.1) is 5.92 Å². The van der Waals surface area contributed by atoms with Crippen LogP contribution in [0.25, 0.3) is 0 Å². The summed E-state index contributed by atoms with van der Waals surface area (Å²) in [6.07, 6.45) is 0.942. The van der Waals surface area contributed by atoms with Crippen LogP contribution in [0.4, 0.5) is 0 Å². The molecule has 0 heterocycles. The average molecular weight is 159 g/mol.